The maximum atomic E-state index is 14.7. The summed E-state index contributed by atoms with van der Waals surface area (Å²) in [5.41, 5.74) is 2.57. The Balaban J connectivity index is 1.41. The molecule has 2 fully saturated rings. The van der Waals surface area contributed by atoms with E-state index >= 15 is 0 Å². The number of aromatic nitrogens is 3. The monoisotopic (exact) mass is 479 g/mol. The number of para-hydroxylation sites is 3. The second-order valence-electron chi connectivity index (χ2n) is 9.10. The highest BCUT2D eigenvalue weighted by atomic mass is 19.1. The largest absolute Gasteiger partial charge is 0.351 e. The molecule has 2 amide bonds. The quantitative estimate of drug-likeness (QED) is 0.410. The number of carbonyl (C=O) groups excluding carboxylic acids is 3. The lowest BCUT2D eigenvalue weighted by atomic mass is 9.88. The third-order valence-corrected chi connectivity index (χ3v) is 7.32. The first-order valence-corrected chi connectivity index (χ1v) is 11.6. The predicted molar refractivity (Wildman–Crippen MR) is 130 cm³/mol. The molecule has 3 aromatic carbocycles. The van der Waals surface area contributed by atoms with E-state index in [9.17, 15) is 18.8 Å². The van der Waals surface area contributed by atoms with E-state index in [2.05, 4.69) is 10.3 Å². The molecule has 0 N–H and O–H groups in total. The van der Waals surface area contributed by atoms with Gasteiger partial charge >= 0.3 is 0 Å². The summed E-state index contributed by atoms with van der Waals surface area (Å²) in [5, 5.41) is 8.19. The Morgan fingerprint density at radius 1 is 0.833 bits per heavy atom. The molecule has 4 aromatic rings. The van der Waals surface area contributed by atoms with Gasteiger partial charge in [-0.15, -0.1) is 5.10 Å². The normalized spacial score (nSPS) is 24.2. The van der Waals surface area contributed by atoms with Gasteiger partial charge in [-0.2, -0.15) is 4.68 Å². The predicted octanol–water partition coefficient (Wildman–Crippen LogP) is 3.30. The van der Waals surface area contributed by atoms with Gasteiger partial charge in [-0.1, -0.05) is 59.8 Å². The molecular weight excluding hydrogens is 461 g/mol. The summed E-state index contributed by atoms with van der Waals surface area (Å²) in [6, 6.07) is 18.7. The molecule has 2 saturated heterocycles. The van der Waals surface area contributed by atoms with E-state index in [1.807, 2.05) is 41.3 Å². The Morgan fingerprint density at radius 2 is 1.53 bits per heavy atom. The number of halogens is 1. The van der Waals surface area contributed by atoms with E-state index in [4.69, 9.17) is 0 Å². The van der Waals surface area contributed by atoms with Gasteiger partial charge in [-0.05, 0) is 35.9 Å². The van der Waals surface area contributed by atoms with Gasteiger partial charge in [0.05, 0.1) is 29.1 Å². The van der Waals surface area contributed by atoms with Gasteiger partial charge in [-0.25, -0.2) is 9.29 Å². The molecule has 36 heavy (non-hydrogen) atoms. The first kappa shape index (κ1) is 20.7. The van der Waals surface area contributed by atoms with E-state index in [1.54, 1.807) is 30.3 Å². The molecular formula is C27H18FN5O3. The van der Waals surface area contributed by atoms with Crippen LogP contribution in [-0.2, 0) is 9.59 Å². The van der Waals surface area contributed by atoms with E-state index in [0.29, 0.717) is 11.0 Å². The number of rotatable bonds is 2. The van der Waals surface area contributed by atoms with Crippen LogP contribution >= 0.6 is 0 Å². The van der Waals surface area contributed by atoms with Crippen molar-refractivity contribution in [2.45, 2.75) is 12.1 Å². The molecule has 1 aromatic heterocycles. The SMILES string of the molecule is O=C1[C@@H]2[C@H](C(=O)N1c1ccccc1F)[C@@H](C(=O)n1nnc3ccccc31)N1c3ccccc3C=C[C@@H]21. The first-order chi connectivity index (χ1) is 17.6. The Morgan fingerprint density at radius 3 is 2.36 bits per heavy atom. The first-order valence-electron chi connectivity index (χ1n) is 11.6. The minimum absolute atomic E-state index is 0.106. The molecule has 0 radical (unpaired) electrons. The van der Waals surface area contributed by atoms with Crippen LogP contribution in [0, 0.1) is 17.7 Å². The van der Waals surface area contributed by atoms with Crippen LogP contribution < -0.4 is 9.80 Å². The van der Waals surface area contributed by atoms with Crippen molar-refractivity contribution >= 4 is 46.2 Å². The fraction of sp³-hybridized carbons (Fsp3) is 0.148. The van der Waals surface area contributed by atoms with Crippen molar-refractivity contribution in [1.29, 1.82) is 0 Å². The van der Waals surface area contributed by atoms with E-state index in [1.165, 1.54) is 22.9 Å². The fourth-order valence-corrected chi connectivity index (χ4v) is 5.82. The van der Waals surface area contributed by atoms with Crippen LogP contribution in [0.15, 0.2) is 78.9 Å². The second-order valence-corrected chi connectivity index (χ2v) is 9.10. The highest BCUT2D eigenvalue weighted by Gasteiger charge is 2.65. The average Bonchev–Trinajstić information content (AvgIpc) is 3.55. The van der Waals surface area contributed by atoms with Crippen molar-refractivity contribution in [3.05, 3.63) is 90.3 Å². The second kappa shape index (κ2) is 7.42. The Hall–Kier alpha value is -4.66. The van der Waals surface area contributed by atoms with E-state index < -0.39 is 47.5 Å². The molecule has 8 nitrogen and oxygen atoms in total. The maximum Gasteiger partial charge on any atom is 0.272 e. The van der Waals surface area contributed by atoms with Gasteiger partial charge in [0.25, 0.3) is 5.91 Å². The fourth-order valence-electron chi connectivity index (χ4n) is 5.82. The number of benzene rings is 3. The number of hydrogen-bond donors (Lipinski definition) is 0. The standard InChI is InChI=1S/C27H18FN5O3/c28-16-8-2-5-11-19(16)32-25(34)22-21-14-13-15-7-1-4-10-18(15)31(21)24(23(22)26(32)35)27(36)33-20-12-6-3-9-17(20)29-30-33/h1-14,21-24H/t21-,22-,23-,24-/m0/s1. The lowest BCUT2D eigenvalue weighted by Crippen LogP contribution is -2.50. The van der Waals surface area contributed by atoms with Crippen molar-refractivity contribution in [3.8, 4) is 0 Å². The van der Waals surface area contributed by atoms with Crippen LogP contribution in [-0.4, -0.2) is 44.8 Å². The summed E-state index contributed by atoms with van der Waals surface area (Å²) in [6.07, 6.45) is 3.75. The Kier molecular flexibility index (Phi) is 4.26. The Bertz CT molecular complexity index is 1630. The van der Waals surface area contributed by atoms with Crippen molar-refractivity contribution in [2.24, 2.45) is 11.8 Å². The molecule has 176 valence electrons. The molecule has 0 spiro atoms. The third kappa shape index (κ3) is 2.65. The molecule has 0 unspecified atom stereocenters. The van der Waals surface area contributed by atoms with Gasteiger partial charge in [0.2, 0.25) is 11.8 Å². The highest BCUT2D eigenvalue weighted by Crippen LogP contribution is 2.49. The number of carbonyl (C=O) groups is 3. The number of fused-ring (bicyclic) bond motifs is 6. The number of imide groups is 1. The molecule has 9 heteroatoms. The topological polar surface area (TPSA) is 88.4 Å². The van der Waals surface area contributed by atoms with Gasteiger partial charge in [-0.3, -0.25) is 14.4 Å². The average molecular weight is 479 g/mol. The van der Waals surface area contributed by atoms with Crippen molar-refractivity contribution in [1.82, 2.24) is 15.0 Å². The molecule has 3 aliphatic rings. The number of amides is 2. The van der Waals surface area contributed by atoms with E-state index in [-0.39, 0.29) is 5.69 Å². The van der Waals surface area contributed by atoms with Gasteiger partial charge < -0.3 is 4.90 Å². The lowest BCUT2D eigenvalue weighted by Gasteiger charge is -2.36. The number of hydrogen-bond acceptors (Lipinski definition) is 6. The van der Waals surface area contributed by atoms with E-state index in [0.717, 1.165) is 16.2 Å². The summed E-state index contributed by atoms with van der Waals surface area (Å²) < 4.78 is 15.9. The molecule has 0 bridgehead atoms. The molecule has 4 atom stereocenters. The van der Waals surface area contributed by atoms with Crippen LogP contribution in [0.5, 0.6) is 0 Å². The minimum atomic E-state index is -1.04. The Labute approximate surface area is 204 Å². The molecule has 4 heterocycles. The van der Waals surface area contributed by atoms with Gasteiger partial charge in [0.15, 0.2) is 0 Å². The number of nitrogens with zero attached hydrogens (tertiary/aromatic N) is 5. The molecule has 0 aliphatic carbocycles. The number of anilines is 2. The summed E-state index contributed by atoms with van der Waals surface area (Å²) >= 11 is 0. The maximum absolute atomic E-state index is 14.7. The highest BCUT2D eigenvalue weighted by molar-refractivity contribution is 6.25. The smallest absolute Gasteiger partial charge is 0.272 e. The summed E-state index contributed by atoms with van der Waals surface area (Å²) in [6.45, 7) is 0. The third-order valence-electron chi connectivity index (χ3n) is 7.32. The van der Waals surface area contributed by atoms with Crippen LogP contribution in [0.3, 0.4) is 0 Å². The zero-order valence-corrected chi connectivity index (χ0v) is 18.7. The summed E-state index contributed by atoms with van der Waals surface area (Å²) in [5.74, 6) is -4.14. The molecule has 7 rings (SSSR count). The van der Waals surface area contributed by atoms with Crippen LogP contribution in [0.25, 0.3) is 17.1 Å². The van der Waals surface area contributed by atoms with Gasteiger partial charge in [0, 0.05) is 5.69 Å². The summed E-state index contributed by atoms with van der Waals surface area (Å²) in [4.78, 5) is 44.4. The van der Waals surface area contributed by atoms with Crippen LogP contribution in [0.2, 0.25) is 0 Å². The zero-order chi connectivity index (χ0) is 24.6. The minimum Gasteiger partial charge on any atom is -0.351 e. The van der Waals surface area contributed by atoms with Crippen molar-refractivity contribution in [3.63, 3.8) is 0 Å². The molecule has 3 aliphatic heterocycles. The summed E-state index contributed by atoms with van der Waals surface area (Å²) in [7, 11) is 0. The van der Waals surface area contributed by atoms with Crippen molar-refractivity contribution < 1.29 is 18.8 Å². The van der Waals surface area contributed by atoms with Crippen LogP contribution in [0.4, 0.5) is 15.8 Å². The van der Waals surface area contributed by atoms with Crippen LogP contribution in [0.1, 0.15) is 10.4 Å². The van der Waals surface area contributed by atoms with Crippen molar-refractivity contribution in [2.75, 3.05) is 9.80 Å². The molecule has 0 saturated carbocycles. The van der Waals surface area contributed by atoms with Gasteiger partial charge in [0.1, 0.15) is 17.4 Å². The zero-order valence-electron chi connectivity index (χ0n) is 18.7. The lowest BCUT2D eigenvalue weighted by molar-refractivity contribution is -0.123.